The summed E-state index contributed by atoms with van der Waals surface area (Å²) < 4.78 is 5.02. The fourth-order valence-electron chi connectivity index (χ4n) is 1.30. The second-order valence-electron chi connectivity index (χ2n) is 3.39. The van der Waals surface area contributed by atoms with Crippen LogP contribution in [0.2, 0.25) is 0 Å². The van der Waals surface area contributed by atoms with Crippen molar-refractivity contribution >= 4 is 22.4 Å². The third-order valence-electron chi connectivity index (χ3n) is 2.21. The number of nitrogens with one attached hydrogen (secondary N) is 1. The number of nitrogens with zero attached hydrogens (tertiary/aromatic N) is 2. The quantitative estimate of drug-likeness (QED) is 0.867. The van der Waals surface area contributed by atoms with Crippen molar-refractivity contribution in [3.05, 3.63) is 34.8 Å². The Morgan fingerprint density at radius 2 is 2.11 bits per heavy atom. The Morgan fingerprint density at radius 3 is 2.67 bits per heavy atom. The summed E-state index contributed by atoms with van der Waals surface area (Å²) in [5.41, 5.74) is 5.95. The van der Waals surface area contributed by atoms with E-state index in [-0.39, 0.29) is 5.91 Å². The molecule has 0 atom stereocenters. The first-order chi connectivity index (χ1) is 8.72. The van der Waals surface area contributed by atoms with Crippen LogP contribution in [0.15, 0.2) is 24.3 Å². The molecular weight excluding hydrogens is 252 g/mol. The molecule has 2 aromatic rings. The van der Waals surface area contributed by atoms with Crippen LogP contribution in [-0.4, -0.2) is 23.2 Å². The molecule has 1 aromatic carbocycles. The second-order valence-corrected chi connectivity index (χ2v) is 4.45. The molecule has 1 aromatic heterocycles. The lowest BCUT2D eigenvalue weighted by molar-refractivity contribution is 0.102. The molecule has 0 aliphatic heterocycles. The fraction of sp³-hybridized carbons (Fsp3) is 0.182. The molecule has 1 amide bonds. The molecule has 0 aliphatic rings. The highest BCUT2D eigenvalue weighted by atomic mass is 32.1. The van der Waals surface area contributed by atoms with Crippen LogP contribution in [0, 0.1) is 0 Å². The maximum absolute atomic E-state index is 11.9. The minimum Gasteiger partial charge on any atom is -0.497 e. The molecule has 6 nitrogen and oxygen atoms in total. The summed E-state index contributed by atoms with van der Waals surface area (Å²) in [7, 11) is 1.57. The van der Waals surface area contributed by atoms with Crippen LogP contribution in [0.4, 0.5) is 5.13 Å². The van der Waals surface area contributed by atoms with Gasteiger partial charge in [-0.05, 0) is 24.3 Å². The van der Waals surface area contributed by atoms with E-state index in [1.165, 1.54) is 11.3 Å². The maximum Gasteiger partial charge on any atom is 0.257 e. The molecular formula is C11H12N4O2S. The van der Waals surface area contributed by atoms with Crippen LogP contribution in [0.1, 0.15) is 15.4 Å². The highest BCUT2D eigenvalue weighted by Gasteiger charge is 2.09. The number of anilines is 1. The van der Waals surface area contributed by atoms with Crippen molar-refractivity contribution in [3.8, 4) is 5.75 Å². The molecule has 0 bridgehead atoms. The van der Waals surface area contributed by atoms with Gasteiger partial charge in [0.05, 0.1) is 7.11 Å². The average molecular weight is 264 g/mol. The topological polar surface area (TPSA) is 90.1 Å². The van der Waals surface area contributed by atoms with Crippen molar-refractivity contribution in [1.82, 2.24) is 10.2 Å². The van der Waals surface area contributed by atoms with Gasteiger partial charge in [0.2, 0.25) is 5.13 Å². The van der Waals surface area contributed by atoms with Gasteiger partial charge in [0.15, 0.2) is 0 Å². The van der Waals surface area contributed by atoms with Gasteiger partial charge in [-0.25, -0.2) is 0 Å². The third-order valence-corrected chi connectivity index (χ3v) is 3.08. The Bertz CT molecular complexity index is 538. The summed E-state index contributed by atoms with van der Waals surface area (Å²) in [6.07, 6.45) is 0. The van der Waals surface area contributed by atoms with E-state index >= 15 is 0 Å². The predicted molar refractivity (Wildman–Crippen MR) is 68.7 cm³/mol. The van der Waals surface area contributed by atoms with Crippen LogP contribution in [0.3, 0.4) is 0 Å². The van der Waals surface area contributed by atoms with Crippen molar-refractivity contribution in [2.45, 2.75) is 6.54 Å². The van der Waals surface area contributed by atoms with Crippen LogP contribution < -0.4 is 15.8 Å². The number of hydrogen-bond donors (Lipinski definition) is 2. The van der Waals surface area contributed by atoms with Crippen molar-refractivity contribution < 1.29 is 9.53 Å². The van der Waals surface area contributed by atoms with Crippen molar-refractivity contribution in [2.75, 3.05) is 12.4 Å². The number of nitrogens with two attached hydrogens (primary N) is 1. The minimum atomic E-state index is -0.239. The summed E-state index contributed by atoms with van der Waals surface area (Å²) in [4.78, 5) is 11.9. The lowest BCUT2D eigenvalue weighted by Crippen LogP contribution is -2.11. The smallest absolute Gasteiger partial charge is 0.257 e. The van der Waals surface area contributed by atoms with Crippen molar-refractivity contribution in [2.24, 2.45) is 5.73 Å². The molecule has 0 saturated heterocycles. The normalized spacial score (nSPS) is 10.1. The molecule has 0 aliphatic carbocycles. The van der Waals surface area contributed by atoms with E-state index in [1.807, 2.05) is 0 Å². The molecule has 0 spiro atoms. The van der Waals surface area contributed by atoms with E-state index in [2.05, 4.69) is 15.5 Å². The molecule has 0 fully saturated rings. The fourth-order valence-corrected chi connectivity index (χ4v) is 1.91. The number of carbonyl (C=O) groups excluding carboxylic acids is 1. The van der Waals surface area contributed by atoms with E-state index in [0.717, 1.165) is 0 Å². The van der Waals surface area contributed by atoms with Crippen molar-refractivity contribution in [1.29, 1.82) is 0 Å². The van der Waals surface area contributed by atoms with Crippen LogP contribution in [0.5, 0.6) is 5.75 Å². The monoisotopic (exact) mass is 264 g/mol. The number of amides is 1. The number of rotatable bonds is 4. The van der Waals surface area contributed by atoms with Gasteiger partial charge in [-0.3, -0.25) is 10.1 Å². The molecule has 1 heterocycles. The van der Waals surface area contributed by atoms with E-state index in [0.29, 0.717) is 28.0 Å². The number of benzene rings is 1. The second kappa shape index (κ2) is 5.56. The zero-order valence-electron chi connectivity index (χ0n) is 9.71. The predicted octanol–water partition coefficient (Wildman–Crippen LogP) is 1.26. The SMILES string of the molecule is COc1ccc(C(=O)Nc2nnc(CN)s2)cc1. The summed E-state index contributed by atoms with van der Waals surface area (Å²) in [6, 6.07) is 6.80. The Labute approximate surface area is 108 Å². The maximum atomic E-state index is 11.9. The van der Waals surface area contributed by atoms with Crippen LogP contribution >= 0.6 is 11.3 Å². The van der Waals surface area contributed by atoms with E-state index in [4.69, 9.17) is 10.5 Å². The third kappa shape index (κ3) is 2.82. The Morgan fingerprint density at radius 1 is 1.39 bits per heavy atom. The number of aromatic nitrogens is 2. The van der Waals surface area contributed by atoms with Gasteiger partial charge >= 0.3 is 0 Å². The molecule has 94 valence electrons. The average Bonchev–Trinajstić information content (AvgIpc) is 2.86. The Hall–Kier alpha value is -1.99. The highest BCUT2D eigenvalue weighted by molar-refractivity contribution is 7.15. The zero-order valence-corrected chi connectivity index (χ0v) is 10.5. The molecule has 2 rings (SSSR count). The molecule has 0 unspecified atom stereocenters. The van der Waals surface area contributed by atoms with Crippen LogP contribution in [-0.2, 0) is 6.54 Å². The molecule has 3 N–H and O–H groups in total. The van der Waals surface area contributed by atoms with Gasteiger partial charge in [0.1, 0.15) is 10.8 Å². The van der Waals surface area contributed by atoms with Gasteiger partial charge in [0, 0.05) is 12.1 Å². The van der Waals surface area contributed by atoms with E-state index in [9.17, 15) is 4.79 Å². The van der Waals surface area contributed by atoms with E-state index in [1.54, 1.807) is 31.4 Å². The first kappa shape index (κ1) is 12.5. The van der Waals surface area contributed by atoms with E-state index < -0.39 is 0 Å². The standard InChI is InChI=1S/C11H12N4O2S/c1-17-8-4-2-7(3-5-8)10(16)13-11-15-14-9(6-12)18-11/h2-5H,6,12H2,1H3,(H,13,15,16). The summed E-state index contributed by atoms with van der Waals surface area (Å²) >= 11 is 1.26. The summed E-state index contributed by atoms with van der Waals surface area (Å²) in [6.45, 7) is 0.316. The number of methoxy groups -OCH3 is 1. The highest BCUT2D eigenvalue weighted by Crippen LogP contribution is 2.17. The van der Waals surface area contributed by atoms with Gasteiger partial charge in [-0.2, -0.15) is 0 Å². The first-order valence-corrected chi connectivity index (χ1v) is 6.02. The molecule has 0 radical (unpaired) electrons. The zero-order chi connectivity index (χ0) is 13.0. The van der Waals surface area contributed by atoms with Crippen molar-refractivity contribution in [3.63, 3.8) is 0 Å². The van der Waals surface area contributed by atoms with Crippen LogP contribution in [0.25, 0.3) is 0 Å². The molecule has 7 heteroatoms. The van der Waals surface area contributed by atoms with Gasteiger partial charge in [0.25, 0.3) is 5.91 Å². The summed E-state index contributed by atoms with van der Waals surface area (Å²) in [5.74, 6) is 0.463. The molecule has 18 heavy (non-hydrogen) atoms. The number of ether oxygens (including phenoxy) is 1. The Balaban J connectivity index is 2.06. The Kier molecular flexibility index (Phi) is 3.85. The minimum absolute atomic E-state index is 0.239. The van der Waals surface area contributed by atoms with Gasteiger partial charge < -0.3 is 10.5 Å². The number of hydrogen-bond acceptors (Lipinski definition) is 6. The molecule has 0 saturated carbocycles. The lowest BCUT2D eigenvalue weighted by Gasteiger charge is -2.02. The van der Waals surface area contributed by atoms with Gasteiger partial charge in [-0.15, -0.1) is 10.2 Å². The summed E-state index contributed by atoms with van der Waals surface area (Å²) in [5, 5.41) is 11.4. The lowest BCUT2D eigenvalue weighted by atomic mass is 10.2. The number of carbonyl (C=O) groups is 1. The largest absolute Gasteiger partial charge is 0.497 e. The van der Waals surface area contributed by atoms with Gasteiger partial charge in [-0.1, -0.05) is 11.3 Å². The first-order valence-electron chi connectivity index (χ1n) is 5.21.